The molecular weight excluding hydrogens is 392 g/mol. The van der Waals surface area contributed by atoms with Crippen molar-refractivity contribution in [3.63, 3.8) is 0 Å². The van der Waals surface area contributed by atoms with Crippen molar-refractivity contribution in [3.8, 4) is 0 Å². The number of para-hydroxylation sites is 1. The number of rotatable bonds is 7. The van der Waals surface area contributed by atoms with Crippen LogP contribution in [0.25, 0.3) is 10.2 Å². The Morgan fingerprint density at radius 2 is 1.96 bits per heavy atom. The lowest BCUT2D eigenvalue weighted by Crippen LogP contribution is -2.37. The molecule has 1 aliphatic rings. The first-order valence-corrected chi connectivity index (χ1v) is 11.0. The molecule has 1 heterocycles. The number of esters is 1. The van der Waals surface area contributed by atoms with E-state index in [9.17, 15) is 9.59 Å². The van der Waals surface area contributed by atoms with E-state index < -0.39 is 12.1 Å². The van der Waals surface area contributed by atoms with E-state index in [1.54, 1.807) is 42.2 Å². The van der Waals surface area contributed by atoms with Crippen molar-refractivity contribution in [1.82, 2.24) is 10.3 Å². The number of nitrogens with zero attached hydrogens (tertiary/aromatic N) is 1. The molecule has 2 aromatic carbocycles. The van der Waals surface area contributed by atoms with Gasteiger partial charge in [-0.05, 0) is 49.6 Å². The second-order valence-electron chi connectivity index (χ2n) is 6.76. The fraction of sp³-hybridized carbons (Fsp3) is 0.286. The van der Waals surface area contributed by atoms with Crippen LogP contribution in [0.1, 0.15) is 35.7 Å². The summed E-state index contributed by atoms with van der Waals surface area (Å²) < 4.78 is 7.48. The van der Waals surface area contributed by atoms with Crippen LogP contribution in [0, 0.1) is 0 Å². The minimum Gasteiger partial charge on any atom is -0.449 e. The summed E-state index contributed by atoms with van der Waals surface area (Å²) in [5.41, 5.74) is 2.56. The summed E-state index contributed by atoms with van der Waals surface area (Å²) in [5, 5.41) is 2.84. The van der Waals surface area contributed by atoms with Gasteiger partial charge in [0.1, 0.15) is 0 Å². The van der Waals surface area contributed by atoms with Gasteiger partial charge in [-0.15, -0.1) is 11.3 Å². The van der Waals surface area contributed by atoms with Crippen molar-refractivity contribution < 1.29 is 14.3 Å². The van der Waals surface area contributed by atoms with Crippen molar-refractivity contribution in [3.05, 3.63) is 59.7 Å². The number of carbonyl (C=O) groups excluding carboxylic acids is 2. The summed E-state index contributed by atoms with van der Waals surface area (Å²) >= 11 is 3.36. The van der Waals surface area contributed by atoms with Crippen molar-refractivity contribution in [1.29, 1.82) is 0 Å². The third kappa shape index (κ3) is 4.72. The highest BCUT2D eigenvalue weighted by Crippen LogP contribution is 2.31. The summed E-state index contributed by atoms with van der Waals surface area (Å²) in [5.74, 6) is 0.0542. The predicted octanol–water partition coefficient (Wildman–Crippen LogP) is 4.41. The molecule has 7 heteroatoms. The Bertz CT molecular complexity index is 963. The van der Waals surface area contributed by atoms with Gasteiger partial charge in [-0.3, -0.25) is 4.79 Å². The number of ether oxygens (including phenoxy) is 1. The van der Waals surface area contributed by atoms with E-state index in [1.807, 2.05) is 30.3 Å². The van der Waals surface area contributed by atoms with Gasteiger partial charge in [0.15, 0.2) is 10.4 Å². The average Bonchev–Trinajstić information content (AvgIpc) is 3.42. The van der Waals surface area contributed by atoms with Crippen LogP contribution in [0.3, 0.4) is 0 Å². The molecule has 0 saturated heterocycles. The van der Waals surface area contributed by atoms with Crippen LogP contribution in [0.5, 0.6) is 0 Å². The zero-order valence-corrected chi connectivity index (χ0v) is 17.0. The second kappa shape index (κ2) is 8.32. The molecule has 1 aromatic heterocycles. The summed E-state index contributed by atoms with van der Waals surface area (Å²) in [6.07, 6.45) is 1.22. The van der Waals surface area contributed by atoms with Crippen molar-refractivity contribution >= 4 is 45.2 Å². The molecule has 1 amide bonds. The Morgan fingerprint density at radius 1 is 1.21 bits per heavy atom. The topological polar surface area (TPSA) is 68.3 Å². The van der Waals surface area contributed by atoms with Crippen LogP contribution >= 0.6 is 23.1 Å². The van der Waals surface area contributed by atoms with Crippen molar-refractivity contribution in [2.45, 2.75) is 42.0 Å². The van der Waals surface area contributed by atoms with E-state index in [0.717, 1.165) is 34.0 Å². The molecule has 0 bridgehead atoms. The maximum atomic E-state index is 12.2. The number of nitrogens with one attached hydrogen (secondary N) is 1. The number of amides is 1. The minimum atomic E-state index is -0.789. The van der Waals surface area contributed by atoms with Gasteiger partial charge in [-0.25, -0.2) is 9.78 Å². The molecule has 144 valence electrons. The van der Waals surface area contributed by atoms with E-state index in [1.165, 1.54) is 4.70 Å². The Morgan fingerprint density at radius 3 is 2.68 bits per heavy atom. The highest BCUT2D eigenvalue weighted by atomic mass is 32.2. The van der Waals surface area contributed by atoms with E-state index in [-0.39, 0.29) is 11.9 Å². The molecule has 1 saturated carbocycles. The number of thioether (sulfide) groups is 1. The quantitative estimate of drug-likeness (QED) is 0.460. The van der Waals surface area contributed by atoms with Crippen molar-refractivity contribution in [2.75, 3.05) is 0 Å². The van der Waals surface area contributed by atoms with Gasteiger partial charge in [0.25, 0.3) is 5.91 Å². The highest BCUT2D eigenvalue weighted by Gasteiger charge is 2.27. The lowest BCUT2D eigenvalue weighted by Gasteiger charge is -2.13. The third-order valence-electron chi connectivity index (χ3n) is 4.40. The molecule has 1 N–H and O–H groups in total. The Hall–Kier alpha value is -2.38. The van der Waals surface area contributed by atoms with Gasteiger partial charge in [-0.1, -0.05) is 36.0 Å². The van der Waals surface area contributed by atoms with Crippen LogP contribution in [-0.4, -0.2) is 29.0 Å². The highest BCUT2D eigenvalue weighted by molar-refractivity contribution is 8.00. The van der Waals surface area contributed by atoms with Crippen LogP contribution < -0.4 is 5.32 Å². The molecule has 4 rings (SSSR count). The normalized spacial score (nSPS) is 14.6. The standard InChI is InChI=1S/C21H20N2O3S2/c1-13(19(24)22-16-10-11-16)26-20(25)15-8-6-14(7-9-15)12-27-21-23-17-4-2-3-5-18(17)28-21/h2-9,13,16H,10-12H2,1H3,(H,22,24)/t13-/m0/s1. The molecule has 0 spiro atoms. The van der Waals surface area contributed by atoms with E-state index >= 15 is 0 Å². The molecule has 1 aliphatic carbocycles. The Kier molecular flexibility index (Phi) is 5.64. The smallest absolute Gasteiger partial charge is 0.338 e. The van der Waals surface area contributed by atoms with Crippen LogP contribution in [0.15, 0.2) is 52.9 Å². The first kappa shape index (κ1) is 19.0. The predicted molar refractivity (Wildman–Crippen MR) is 112 cm³/mol. The molecule has 1 atom stereocenters. The number of aromatic nitrogens is 1. The molecule has 28 heavy (non-hydrogen) atoms. The zero-order chi connectivity index (χ0) is 19.5. The lowest BCUT2D eigenvalue weighted by atomic mass is 10.1. The van der Waals surface area contributed by atoms with Crippen LogP contribution in [0.2, 0.25) is 0 Å². The average molecular weight is 413 g/mol. The number of fused-ring (bicyclic) bond motifs is 1. The minimum absolute atomic E-state index is 0.236. The van der Waals surface area contributed by atoms with Gasteiger partial charge in [-0.2, -0.15) is 0 Å². The third-order valence-corrected chi connectivity index (χ3v) is 6.65. The molecule has 1 fully saturated rings. The molecule has 0 unspecified atom stereocenters. The largest absolute Gasteiger partial charge is 0.449 e. The number of hydrogen-bond donors (Lipinski definition) is 1. The van der Waals surface area contributed by atoms with Crippen molar-refractivity contribution in [2.24, 2.45) is 0 Å². The Balaban J connectivity index is 1.31. The number of hydrogen-bond acceptors (Lipinski definition) is 6. The van der Waals surface area contributed by atoms with E-state index in [2.05, 4.69) is 16.4 Å². The van der Waals surface area contributed by atoms with Gasteiger partial charge in [0.2, 0.25) is 0 Å². The second-order valence-corrected chi connectivity index (χ2v) is 9.02. The summed E-state index contributed by atoms with van der Waals surface area (Å²) in [6.45, 7) is 1.60. The summed E-state index contributed by atoms with van der Waals surface area (Å²) in [4.78, 5) is 28.8. The maximum absolute atomic E-state index is 12.2. The number of carbonyl (C=O) groups is 2. The van der Waals surface area contributed by atoms with E-state index in [4.69, 9.17) is 4.74 Å². The summed E-state index contributed by atoms with van der Waals surface area (Å²) in [6, 6.07) is 15.6. The first-order chi connectivity index (χ1) is 13.6. The fourth-order valence-corrected chi connectivity index (χ4v) is 4.65. The number of benzene rings is 2. The fourth-order valence-electron chi connectivity index (χ4n) is 2.62. The van der Waals surface area contributed by atoms with Crippen LogP contribution in [-0.2, 0) is 15.3 Å². The van der Waals surface area contributed by atoms with Crippen LogP contribution in [0.4, 0.5) is 0 Å². The zero-order valence-electron chi connectivity index (χ0n) is 15.4. The molecule has 3 aromatic rings. The van der Waals surface area contributed by atoms with E-state index in [0.29, 0.717) is 5.56 Å². The molecule has 0 aliphatic heterocycles. The maximum Gasteiger partial charge on any atom is 0.338 e. The molecule has 0 radical (unpaired) electrons. The molecular formula is C21H20N2O3S2. The van der Waals surface area contributed by atoms with Gasteiger partial charge >= 0.3 is 5.97 Å². The Labute approximate surface area is 171 Å². The lowest BCUT2D eigenvalue weighted by molar-refractivity contribution is -0.129. The first-order valence-electron chi connectivity index (χ1n) is 9.17. The number of thiazole rings is 1. The van der Waals surface area contributed by atoms with Gasteiger partial charge in [0.05, 0.1) is 15.8 Å². The van der Waals surface area contributed by atoms with Gasteiger partial charge in [0, 0.05) is 11.8 Å². The molecule has 5 nitrogen and oxygen atoms in total. The van der Waals surface area contributed by atoms with Gasteiger partial charge < -0.3 is 10.1 Å². The summed E-state index contributed by atoms with van der Waals surface area (Å²) in [7, 11) is 0. The monoisotopic (exact) mass is 412 g/mol. The SMILES string of the molecule is C[C@H](OC(=O)c1ccc(CSc2nc3ccccc3s2)cc1)C(=O)NC1CC1.